The summed E-state index contributed by atoms with van der Waals surface area (Å²) in [5.74, 6) is -1.34. The van der Waals surface area contributed by atoms with Crippen LogP contribution in [0, 0.1) is 11.6 Å². The molecule has 118 valence electrons. The van der Waals surface area contributed by atoms with Gasteiger partial charge in [0, 0.05) is 22.2 Å². The van der Waals surface area contributed by atoms with E-state index in [4.69, 9.17) is 27.7 Å². The first-order chi connectivity index (χ1) is 11.0. The molecule has 0 atom stereocenters. The number of hydrogen-bond acceptors (Lipinski definition) is 3. The average molecular weight is 356 g/mol. The van der Waals surface area contributed by atoms with Crippen molar-refractivity contribution in [3.05, 3.63) is 63.6 Å². The molecule has 0 saturated heterocycles. The van der Waals surface area contributed by atoms with Crippen LogP contribution in [-0.2, 0) is 6.61 Å². The molecular weight excluding hydrogens is 347 g/mol. The lowest BCUT2D eigenvalue weighted by molar-refractivity contribution is 0.281. The number of rotatable bonds is 3. The van der Waals surface area contributed by atoms with Gasteiger partial charge in [0.25, 0.3) is 0 Å². The molecule has 0 bridgehead atoms. The fourth-order valence-corrected chi connectivity index (χ4v) is 2.61. The van der Waals surface area contributed by atoms with E-state index in [1.54, 1.807) is 18.2 Å². The van der Waals surface area contributed by atoms with E-state index >= 15 is 0 Å². The Labute approximate surface area is 140 Å². The Morgan fingerprint density at radius 2 is 1.83 bits per heavy atom. The predicted molar refractivity (Wildman–Crippen MR) is 83.2 cm³/mol. The number of aliphatic hydroxyl groups excluding tert-OH is 1. The molecule has 0 fully saturated rings. The van der Waals surface area contributed by atoms with E-state index in [-0.39, 0.29) is 22.6 Å². The van der Waals surface area contributed by atoms with Gasteiger partial charge in [0.2, 0.25) is 0 Å². The molecule has 1 aromatic heterocycles. The summed E-state index contributed by atoms with van der Waals surface area (Å²) in [5.41, 5.74) is 0.754. The van der Waals surface area contributed by atoms with Gasteiger partial charge in [0.05, 0.1) is 17.2 Å². The van der Waals surface area contributed by atoms with Crippen molar-refractivity contribution >= 4 is 23.2 Å². The van der Waals surface area contributed by atoms with Crippen LogP contribution in [0.2, 0.25) is 10.0 Å². The molecule has 3 aromatic rings. The first-order valence-corrected chi connectivity index (χ1v) is 7.27. The lowest BCUT2D eigenvalue weighted by atomic mass is 10.0. The second-order valence-electron chi connectivity index (χ2n) is 4.75. The largest absolute Gasteiger partial charge is 0.391 e. The van der Waals surface area contributed by atoms with Gasteiger partial charge in [-0.15, -0.1) is 0 Å². The Bertz CT molecular complexity index is 881. The third-order valence-corrected chi connectivity index (χ3v) is 3.87. The summed E-state index contributed by atoms with van der Waals surface area (Å²) < 4.78 is 32.2. The lowest BCUT2D eigenvalue weighted by Crippen LogP contribution is -1.93. The van der Waals surface area contributed by atoms with E-state index in [2.05, 4.69) is 5.16 Å². The van der Waals surface area contributed by atoms with Crippen molar-refractivity contribution in [2.45, 2.75) is 6.61 Å². The highest BCUT2D eigenvalue weighted by Gasteiger charge is 2.22. The van der Waals surface area contributed by atoms with Gasteiger partial charge in [-0.1, -0.05) is 28.4 Å². The van der Waals surface area contributed by atoms with Crippen LogP contribution >= 0.6 is 23.2 Å². The van der Waals surface area contributed by atoms with Gasteiger partial charge >= 0.3 is 0 Å². The Morgan fingerprint density at radius 3 is 2.52 bits per heavy atom. The van der Waals surface area contributed by atoms with Crippen LogP contribution in [0.3, 0.4) is 0 Å². The van der Waals surface area contributed by atoms with Gasteiger partial charge in [0.1, 0.15) is 17.3 Å². The molecule has 0 amide bonds. The number of nitrogens with zero attached hydrogens (tertiary/aromatic N) is 1. The second kappa shape index (κ2) is 6.28. The van der Waals surface area contributed by atoms with Gasteiger partial charge < -0.3 is 9.63 Å². The molecule has 0 spiro atoms. The van der Waals surface area contributed by atoms with E-state index in [1.807, 2.05) is 0 Å². The highest BCUT2D eigenvalue weighted by atomic mass is 35.5. The normalized spacial score (nSPS) is 11.0. The summed E-state index contributed by atoms with van der Waals surface area (Å²) in [4.78, 5) is 0. The zero-order chi connectivity index (χ0) is 16.6. The highest BCUT2D eigenvalue weighted by molar-refractivity contribution is 6.35. The van der Waals surface area contributed by atoms with Gasteiger partial charge in [-0.3, -0.25) is 0 Å². The highest BCUT2D eigenvalue weighted by Crippen LogP contribution is 2.37. The number of benzene rings is 2. The fraction of sp³-hybridized carbons (Fsp3) is 0.0625. The molecule has 23 heavy (non-hydrogen) atoms. The van der Waals surface area contributed by atoms with Crippen molar-refractivity contribution in [2.75, 3.05) is 0 Å². The van der Waals surface area contributed by atoms with Gasteiger partial charge in [-0.2, -0.15) is 0 Å². The molecule has 0 aliphatic heterocycles. The van der Waals surface area contributed by atoms with E-state index in [9.17, 15) is 13.9 Å². The van der Waals surface area contributed by atoms with Crippen molar-refractivity contribution < 1.29 is 18.4 Å². The van der Waals surface area contributed by atoms with Crippen molar-refractivity contribution in [1.82, 2.24) is 5.16 Å². The van der Waals surface area contributed by atoms with Crippen LogP contribution in [0.15, 0.2) is 40.9 Å². The Balaban J connectivity index is 2.19. The summed E-state index contributed by atoms with van der Waals surface area (Å²) in [5, 5.41) is 14.2. The van der Waals surface area contributed by atoms with Crippen molar-refractivity contribution in [3.63, 3.8) is 0 Å². The molecule has 0 aliphatic rings. The smallest absolute Gasteiger partial charge is 0.174 e. The summed E-state index contributed by atoms with van der Waals surface area (Å²) in [6, 6.07) is 7.78. The lowest BCUT2D eigenvalue weighted by Gasteiger charge is -2.04. The number of halogens is 4. The first kappa shape index (κ1) is 15.9. The zero-order valence-corrected chi connectivity index (χ0v) is 13.0. The molecule has 0 unspecified atom stereocenters. The minimum absolute atomic E-state index is 0.0172. The van der Waals surface area contributed by atoms with Crippen LogP contribution in [0.1, 0.15) is 5.56 Å². The Morgan fingerprint density at radius 1 is 1.04 bits per heavy atom. The molecule has 3 nitrogen and oxygen atoms in total. The van der Waals surface area contributed by atoms with Crippen LogP contribution in [0.4, 0.5) is 8.78 Å². The van der Waals surface area contributed by atoms with Gasteiger partial charge in [-0.25, -0.2) is 8.78 Å². The first-order valence-electron chi connectivity index (χ1n) is 6.51. The Hall–Kier alpha value is -1.95. The maximum absolute atomic E-state index is 14.0. The van der Waals surface area contributed by atoms with E-state index < -0.39 is 18.2 Å². The van der Waals surface area contributed by atoms with E-state index in [0.29, 0.717) is 15.6 Å². The third kappa shape index (κ3) is 2.95. The van der Waals surface area contributed by atoms with Crippen LogP contribution in [0.5, 0.6) is 0 Å². The number of aromatic nitrogens is 1. The summed E-state index contributed by atoms with van der Waals surface area (Å²) in [6.45, 7) is -0.464. The minimum Gasteiger partial charge on any atom is -0.391 e. The molecular formula is C16H9Cl2F2NO2. The molecule has 0 saturated carbocycles. The topological polar surface area (TPSA) is 46.3 Å². The molecule has 1 N–H and O–H groups in total. The standard InChI is InChI=1S/C16H9Cl2F2NO2/c17-8-1-4-13(18)11(5-8)16-12(7-22)15(21-23-16)10-3-2-9(19)6-14(10)20/h1-6,22H,7H2. The zero-order valence-electron chi connectivity index (χ0n) is 11.5. The summed E-state index contributed by atoms with van der Waals surface area (Å²) in [7, 11) is 0. The maximum atomic E-state index is 14.0. The summed E-state index contributed by atoms with van der Waals surface area (Å²) >= 11 is 12.1. The van der Waals surface area contributed by atoms with Crippen LogP contribution in [-0.4, -0.2) is 10.3 Å². The Kier molecular flexibility index (Phi) is 4.35. The van der Waals surface area contributed by atoms with Crippen LogP contribution in [0.25, 0.3) is 22.6 Å². The van der Waals surface area contributed by atoms with Crippen molar-refractivity contribution in [1.29, 1.82) is 0 Å². The molecule has 7 heteroatoms. The molecule has 2 aromatic carbocycles. The molecule has 3 rings (SSSR count). The molecule has 0 aliphatic carbocycles. The fourth-order valence-electron chi connectivity index (χ4n) is 2.23. The van der Waals surface area contributed by atoms with Gasteiger partial charge in [-0.05, 0) is 30.3 Å². The van der Waals surface area contributed by atoms with Crippen molar-refractivity contribution in [3.8, 4) is 22.6 Å². The number of hydrogen-bond donors (Lipinski definition) is 1. The SMILES string of the molecule is OCc1c(-c2ccc(F)cc2F)noc1-c1cc(Cl)ccc1Cl. The third-order valence-electron chi connectivity index (χ3n) is 3.31. The van der Waals surface area contributed by atoms with Gasteiger partial charge in [0.15, 0.2) is 5.76 Å². The van der Waals surface area contributed by atoms with E-state index in [0.717, 1.165) is 12.1 Å². The number of aliphatic hydroxyl groups is 1. The monoisotopic (exact) mass is 355 g/mol. The van der Waals surface area contributed by atoms with Crippen molar-refractivity contribution in [2.24, 2.45) is 0 Å². The average Bonchev–Trinajstić information content (AvgIpc) is 2.93. The second-order valence-corrected chi connectivity index (χ2v) is 5.59. The minimum atomic E-state index is -0.809. The summed E-state index contributed by atoms with van der Waals surface area (Å²) in [6.07, 6.45) is 0. The quantitative estimate of drug-likeness (QED) is 0.711. The maximum Gasteiger partial charge on any atom is 0.174 e. The van der Waals surface area contributed by atoms with Crippen LogP contribution < -0.4 is 0 Å². The predicted octanol–water partition coefficient (Wildman–Crippen LogP) is 5.09. The van der Waals surface area contributed by atoms with E-state index in [1.165, 1.54) is 6.07 Å². The molecule has 0 radical (unpaired) electrons. The molecule has 1 heterocycles.